The molecule has 0 spiro atoms. The van der Waals surface area contributed by atoms with E-state index in [9.17, 15) is 22.9 Å². The summed E-state index contributed by atoms with van der Waals surface area (Å²) >= 11 is 0. The maximum Gasteiger partial charge on any atom is 1.00 e. The van der Waals surface area contributed by atoms with Gasteiger partial charge in [-0.15, -0.1) is 0 Å². The monoisotopic (exact) mass is 334 g/mol. The SMILES string of the molecule is CC1=NN(c2ccccc2)C(=O)C1C(C)(CO)S(=O)(=O)[O-].[Na+]. The van der Waals surface area contributed by atoms with Crippen LogP contribution in [0.25, 0.3) is 0 Å². The van der Waals surface area contributed by atoms with E-state index in [2.05, 4.69) is 5.10 Å². The molecular weight excluding hydrogens is 319 g/mol. The zero-order chi connectivity index (χ0) is 15.8. The number of anilines is 1. The van der Waals surface area contributed by atoms with Crippen LogP contribution in [0.4, 0.5) is 5.69 Å². The van der Waals surface area contributed by atoms with Gasteiger partial charge in [0.05, 0.1) is 22.8 Å². The number of hydrazone groups is 1. The first-order chi connectivity index (χ1) is 9.72. The summed E-state index contributed by atoms with van der Waals surface area (Å²) in [4.78, 5) is 12.5. The minimum absolute atomic E-state index is 0. The Bertz CT molecular complexity index is 692. The van der Waals surface area contributed by atoms with Crippen molar-refractivity contribution in [2.24, 2.45) is 11.0 Å². The molecule has 1 amide bonds. The van der Waals surface area contributed by atoms with Crippen molar-refractivity contribution in [1.29, 1.82) is 0 Å². The van der Waals surface area contributed by atoms with E-state index in [-0.39, 0.29) is 35.3 Å². The van der Waals surface area contributed by atoms with Crippen molar-refractivity contribution in [3.63, 3.8) is 0 Å². The van der Waals surface area contributed by atoms with Crippen LogP contribution < -0.4 is 34.6 Å². The van der Waals surface area contributed by atoms with Gasteiger partial charge in [-0.3, -0.25) is 4.79 Å². The van der Waals surface area contributed by atoms with Crippen molar-refractivity contribution in [3.8, 4) is 0 Å². The molecule has 0 aliphatic carbocycles. The topological polar surface area (TPSA) is 110 Å². The Morgan fingerprint density at radius 3 is 2.36 bits per heavy atom. The van der Waals surface area contributed by atoms with E-state index >= 15 is 0 Å². The number of nitrogens with zero attached hydrogens (tertiary/aromatic N) is 2. The summed E-state index contributed by atoms with van der Waals surface area (Å²) in [5, 5.41) is 14.5. The maximum absolute atomic E-state index is 12.5. The van der Waals surface area contributed by atoms with Gasteiger partial charge in [0.1, 0.15) is 16.0 Å². The fourth-order valence-corrected chi connectivity index (χ4v) is 3.06. The van der Waals surface area contributed by atoms with Gasteiger partial charge < -0.3 is 9.66 Å². The summed E-state index contributed by atoms with van der Waals surface area (Å²) in [6.07, 6.45) is 0. The molecule has 0 radical (unpaired) electrons. The second-order valence-corrected chi connectivity index (χ2v) is 6.93. The summed E-state index contributed by atoms with van der Waals surface area (Å²) in [6, 6.07) is 8.45. The predicted octanol–water partition coefficient (Wildman–Crippen LogP) is -2.67. The second kappa shape index (κ2) is 6.77. The number of hydrogen-bond acceptors (Lipinski definition) is 6. The summed E-state index contributed by atoms with van der Waals surface area (Å²) in [7, 11) is -4.90. The first kappa shape index (κ1) is 19.3. The average molecular weight is 334 g/mol. The molecule has 1 aromatic rings. The van der Waals surface area contributed by atoms with E-state index < -0.39 is 33.3 Å². The van der Waals surface area contributed by atoms with Crippen molar-refractivity contribution in [2.45, 2.75) is 18.6 Å². The fourth-order valence-electron chi connectivity index (χ4n) is 2.34. The molecule has 9 heteroatoms. The predicted molar refractivity (Wildman–Crippen MR) is 75.7 cm³/mol. The first-order valence-corrected chi connectivity index (χ1v) is 7.63. The average Bonchev–Trinajstić information content (AvgIpc) is 2.73. The van der Waals surface area contributed by atoms with Crippen LogP contribution in [0.5, 0.6) is 0 Å². The molecule has 7 nitrogen and oxygen atoms in total. The molecule has 2 atom stereocenters. The van der Waals surface area contributed by atoms with Crippen LogP contribution >= 0.6 is 0 Å². The normalized spacial score (nSPS) is 21.1. The zero-order valence-corrected chi connectivity index (χ0v) is 15.4. The van der Waals surface area contributed by atoms with Gasteiger partial charge in [-0.1, -0.05) is 18.2 Å². The van der Waals surface area contributed by atoms with Gasteiger partial charge in [0.25, 0.3) is 5.91 Å². The molecule has 114 valence electrons. The zero-order valence-electron chi connectivity index (χ0n) is 12.6. The van der Waals surface area contributed by atoms with Crippen LogP contribution in [-0.4, -0.2) is 41.0 Å². The van der Waals surface area contributed by atoms with Gasteiger partial charge in [0.2, 0.25) is 0 Å². The second-order valence-electron chi connectivity index (χ2n) is 5.08. The summed E-state index contributed by atoms with van der Waals surface area (Å²) in [5.74, 6) is -1.94. The van der Waals surface area contributed by atoms with Gasteiger partial charge in [-0.05, 0) is 26.0 Å². The molecule has 2 rings (SSSR count). The molecule has 1 aromatic carbocycles. The molecule has 0 saturated carbocycles. The minimum atomic E-state index is -4.90. The standard InChI is InChI=1S/C13H16N2O5S.Na/c1-9-11(13(2,8-16)21(18,19)20)12(17)15(14-9)10-6-4-3-5-7-10;/h3-7,11,16H,8H2,1-2H3,(H,18,19,20);/q;+1/p-1. The minimum Gasteiger partial charge on any atom is -0.747 e. The number of rotatable bonds is 4. The third kappa shape index (κ3) is 3.12. The molecule has 0 saturated heterocycles. The number of para-hydroxylation sites is 1. The Labute approximate surface area is 151 Å². The number of aliphatic hydroxyl groups is 1. The number of carbonyl (C=O) groups is 1. The number of hydrogen-bond donors (Lipinski definition) is 1. The Morgan fingerprint density at radius 2 is 1.91 bits per heavy atom. The molecule has 0 fully saturated rings. The number of carbonyl (C=O) groups excluding carboxylic acids is 1. The fraction of sp³-hybridized carbons (Fsp3) is 0.385. The molecule has 1 heterocycles. The Kier molecular flexibility index (Phi) is 5.94. The summed E-state index contributed by atoms with van der Waals surface area (Å²) in [6.45, 7) is 1.57. The third-order valence-corrected chi connectivity index (χ3v) is 5.13. The maximum atomic E-state index is 12.5. The van der Waals surface area contributed by atoms with E-state index in [0.717, 1.165) is 11.9 Å². The Hall–Kier alpha value is -0.770. The molecular formula is C13H15N2NaO5S. The van der Waals surface area contributed by atoms with Gasteiger partial charge in [0.15, 0.2) is 0 Å². The molecule has 1 N–H and O–H groups in total. The number of benzene rings is 1. The molecule has 1 aliphatic rings. The molecule has 0 bridgehead atoms. The van der Waals surface area contributed by atoms with Crippen LogP contribution in [0.3, 0.4) is 0 Å². The third-order valence-electron chi connectivity index (χ3n) is 3.63. The van der Waals surface area contributed by atoms with Gasteiger partial charge in [0, 0.05) is 0 Å². The van der Waals surface area contributed by atoms with E-state index in [1.165, 1.54) is 6.92 Å². The smallest absolute Gasteiger partial charge is 0.747 e. The van der Waals surface area contributed by atoms with E-state index in [1.807, 2.05) is 0 Å². The van der Waals surface area contributed by atoms with Crippen LogP contribution in [0.2, 0.25) is 0 Å². The molecule has 22 heavy (non-hydrogen) atoms. The van der Waals surface area contributed by atoms with Crippen molar-refractivity contribution in [1.82, 2.24) is 0 Å². The van der Waals surface area contributed by atoms with Gasteiger partial charge in [-0.2, -0.15) is 5.10 Å². The molecule has 1 aliphatic heterocycles. The quantitative estimate of drug-likeness (QED) is 0.477. The Morgan fingerprint density at radius 1 is 1.36 bits per heavy atom. The van der Waals surface area contributed by atoms with Crippen molar-refractivity contribution >= 4 is 27.4 Å². The van der Waals surface area contributed by atoms with Crippen molar-refractivity contribution < 1.29 is 52.4 Å². The van der Waals surface area contributed by atoms with E-state index in [1.54, 1.807) is 30.3 Å². The van der Waals surface area contributed by atoms with Crippen LogP contribution in [0.1, 0.15) is 13.8 Å². The summed E-state index contributed by atoms with van der Waals surface area (Å²) in [5.41, 5.74) is 0.646. The van der Waals surface area contributed by atoms with Gasteiger partial charge in [-0.25, -0.2) is 13.4 Å². The summed E-state index contributed by atoms with van der Waals surface area (Å²) < 4.78 is 32.3. The van der Waals surface area contributed by atoms with Gasteiger partial charge >= 0.3 is 29.6 Å². The molecule has 2 unspecified atom stereocenters. The largest absolute Gasteiger partial charge is 1.00 e. The van der Waals surface area contributed by atoms with Crippen molar-refractivity contribution in [2.75, 3.05) is 11.6 Å². The van der Waals surface area contributed by atoms with Crippen LogP contribution in [0.15, 0.2) is 35.4 Å². The Balaban J connectivity index is 0.00000242. The number of aliphatic hydroxyl groups excluding tert-OH is 1. The van der Waals surface area contributed by atoms with E-state index in [4.69, 9.17) is 0 Å². The van der Waals surface area contributed by atoms with Crippen molar-refractivity contribution in [3.05, 3.63) is 30.3 Å². The van der Waals surface area contributed by atoms with Crippen LogP contribution in [0, 0.1) is 5.92 Å². The first-order valence-electron chi connectivity index (χ1n) is 6.23. The number of amides is 1. The van der Waals surface area contributed by atoms with E-state index in [0.29, 0.717) is 5.69 Å². The molecule has 0 aromatic heterocycles. The van der Waals surface area contributed by atoms with Crippen LogP contribution in [-0.2, 0) is 14.9 Å².